The Bertz CT molecular complexity index is 583. The van der Waals surface area contributed by atoms with Crippen LogP contribution in [0.15, 0.2) is 34.8 Å². The highest BCUT2D eigenvalue weighted by molar-refractivity contribution is 7.17. The quantitative estimate of drug-likeness (QED) is 0.735. The molecule has 15 heavy (non-hydrogen) atoms. The number of thiophene rings is 1. The molecule has 0 atom stereocenters. The van der Waals surface area contributed by atoms with Crippen molar-refractivity contribution in [2.75, 3.05) is 0 Å². The highest BCUT2D eigenvalue weighted by Crippen LogP contribution is 2.34. The van der Waals surface area contributed by atoms with E-state index < -0.39 is 0 Å². The van der Waals surface area contributed by atoms with E-state index in [4.69, 9.17) is 10.6 Å². The molecule has 0 fully saturated rings. The summed E-state index contributed by atoms with van der Waals surface area (Å²) < 4.78 is 1.19. The second kappa shape index (κ2) is 3.10. The zero-order valence-electron chi connectivity index (χ0n) is 7.81. The SMILES string of the molecule is NC1=NOc2c(ccc3sccc23)C=C1. The van der Waals surface area contributed by atoms with Crippen LogP contribution in [-0.4, -0.2) is 5.84 Å². The maximum Gasteiger partial charge on any atom is 0.173 e. The Labute approximate surface area is 90.5 Å². The molecule has 0 saturated carbocycles. The topological polar surface area (TPSA) is 47.6 Å². The standard InChI is InChI=1S/C11H8N2OS/c12-10-4-2-7-1-3-9-8(5-6-15-9)11(7)14-13-10/h1-6H,(H2,12,13). The number of rotatable bonds is 0. The van der Waals surface area contributed by atoms with E-state index in [2.05, 4.69) is 11.2 Å². The molecule has 2 heterocycles. The molecule has 0 radical (unpaired) electrons. The lowest BCUT2D eigenvalue weighted by atomic mass is 10.1. The molecule has 3 rings (SSSR count). The number of hydrogen-bond donors (Lipinski definition) is 1. The van der Waals surface area contributed by atoms with Crippen LogP contribution in [-0.2, 0) is 0 Å². The zero-order valence-corrected chi connectivity index (χ0v) is 8.62. The number of hydrogen-bond acceptors (Lipinski definition) is 4. The normalized spacial score (nSPS) is 14.3. The third-order valence-electron chi connectivity index (χ3n) is 2.29. The van der Waals surface area contributed by atoms with E-state index in [1.165, 1.54) is 4.70 Å². The molecule has 3 nitrogen and oxygen atoms in total. The van der Waals surface area contributed by atoms with E-state index >= 15 is 0 Å². The molecule has 0 unspecified atom stereocenters. The first-order valence-corrected chi connectivity index (χ1v) is 5.41. The molecule has 1 aliphatic rings. The molecular formula is C11H8N2OS. The fourth-order valence-electron chi connectivity index (χ4n) is 1.57. The minimum absolute atomic E-state index is 0.384. The Morgan fingerprint density at radius 2 is 2.13 bits per heavy atom. The van der Waals surface area contributed by atoms with E-state index in [0.717, 1.165) is 16.7 Å². The lowest BCUT2D eigenvalue weighted by Gasteiger charge is -2.03. The van der Waals surface area contributed by atoms with E-state index in [1.54, 1.807) is 17.4 Å². The molecular weight excluding hydrogens is 208 g/mol. The molecule has 0 bridgehead atoms. The van der Waals surface area contributed by atoms with Gasteiger partial charge in [0.25, 0.3) is 0 Å². The van der Waals surface area contributed by atoms with Crippen molar-refractivity contribution in [3.8, 4) is 5.75 Å². The average molecular weight is 216 g/mol. The van der Waals surface area contributed by atoms with Gasteiger partial charge in [-0.15, -0.1) is 11.3 Å². The predicted molar refractivity (Wildman–Crippen MR) is 63.1 cm³/mol. The molecule has 4 heteroatoms. The van der Waals surface area contributed by atoms with E-state index in [1.807, 2.05) is 23.6 Å². The van der Waals surface area contributed by atoms with Gasteiger partial charge in [0.05, 0.1) is 0 Å². The van der Waals surface area contributed by atoms with Crippen molar-refractivity contribution in [1.29, 1.82) is 0 Å². The van der Waals surface area contributed by atoms with E-state index in [-0.39, 0.29) is 0 Å². The predicted octanol–water partition coefficient (Wildman–Crippen LogP) is 2.58. The number of benzene rings is 1. The third kappa shape index (κ3) is 1.30. The van der Waals surface area contributed by atoms with Crippen molar-refractivity contribution in [1.82, 2.24) is 0 Å². The lowest BCUT2D eigenvalue weighted by Crippen LogP contribution is -2.07. The van der Waals surface area contributed by atoms with Crippen LogP contribution in [0, 0.1) is 0 Å². The van der Waals surface area contributed by atoms with Gasteiger partial charge in [0.1, 0.15) is 0 Å². The number of amidine groups is 1. The van der Waals surface area contributed by atoms with Gasteiger partial charge in [-0.25, -0.2) is 0 Å². The summed E-state index contributed by atoms with van der Waals surface area (Å²) in [6, 6.07) is 6.12. The van der Waals surface area contributed by atoms with Crippen LogP contribution < -0.4 is 10.6 Å². The molecule has 0 spiro atoms. The van der Waals surface area contributed by atoms with Gasteiger partial charge in [-0.05, 0) is 35.7 Å². The van der Waals surface area contributed by atoms with Gasteiger partial charge in [0, 0.05) is 15.6 Å². The average Bonchev–Trinajstić information content (AvgIpc) is 2.64. The molecule has 0 aliphatic carbocycles. The van der Waals surface area contributed by atoms with Crippen LogP contribution in [0.2, 0.25) is 0 Å². The van der Waals surface area contributed by atoms with Crippen molar-refractivity contribution in [3.63, 3.8) is 0 Å². The number of fused-ring (bicyclic) bond motifs is 3. The summed E-state index contributed by atoms with van der Waals surface area (Å²) in [7, 11) is 0. The van der Waals surface area contributed by atoms with Gasteiger partial charge >= 0.3 is 0 Å². The first-order valence-electron chi connectivity index (χ1n) is 4.53. The summed E-state index contributed by atoms with van der Waals surface area (Å²) in [4.78, 5) is 5.34. The fourth-order valence-corrected chi connectivity index (χ4v) is 2.36. The molecule has 0 saturated heterocycles. The zero-order chi connectivity index (χ0) is 10.3. The molecule has 1 aliphatic heterocycles. The van der Waals surface area contributed by atoms with Crippen molar-refractivity contribution in [2.45, 2.75) is 0 Å². The molecule has 2 N–H and O–H groups in total. The summed E-state index contributed by atoms with van der Waals surface area (Å²) in [5, 5.41) is 6.93. The molecule has 0 amide bonds. The Balaban J connectivity index is 2.31. The summed E-state index contributed by atoms with van der Waals surface area (Å²) >= 11 is 1.68. The Hall–Kier alpha value is -1.81. The van der Waals surface area contributed by atoms with Crippen molar-refractivity contribution in [3.05, 3.63) is 35.2 Å². The second-order valence-corrected chi connectivity index (χ2v) is 4.20. The third-order valence-corrected chi connectivity index (χ3v) is 3.17. The molecule has 1 aromatic heterocycles. The van der Waals surface area contributed by atoms with Gasteiger partial charge in [-0.2, -0.15) is 0 Å². The monoisotopic (exact) mass is 216 g/mol. The molecule has 74 valence electrons. The minimum atomic E-state index is 0.384. The second-order valence-electron chi connectivity index (χ2n) is 3.26. The summed E-state index contributed by atoms with van der Waals surface area (Å²) in [5.74, 6) is 1.17. The Morgan fingerprint density at radius 1 is 1.20 bits per heavy atom. The van der Waals surface area contributed by atoms with Gasteiger partial charge in [-0.1, -0.05) is 5.16 Å². The van der Waals surface area contributed by atoms with Crippen molar-refractivity contribution < 1.29 is 4.84 Å². The van der Waals surface area contributed by atoms with E-state index in [9.17, 15) is 0 Å². The smallest absolute Gasteiger partial charge is 0.173 e. The van der Waals surface area contributed by atoms with Crippen LogP contribution in [0.1, 0.15) is 5.56 Å². The van der Waals surface area contributed by atoms with Crippen LogP contribution in [0.5, 0.6) is 5.75 Å². The first-order chi connectivity index (χ1) is 7.34. The molecule has 2 aromatic rings. The van der Waals surface area contributed by atoms with Gasteiger partial charge in [0.15, 0.2) is 11.6 Å². The number of nitrogens with two attached hydrogens (primary N) is 1. The molecule has 1 aromatic carbocycles. The maximum atomic E-state index is 5.57. The van der Waals surface area contributed by atoms with Crippen molar-refractivity contribution >= 4 is 33.3 Å². The Kier molecular flexibility index (Phi) is 1.76. The van der Waals surface area contributed by atoms with Crippen molar-refractivity contribution in [2.24, 2.45) is 10.9 Å². The van der Waals surface area contributed by atoms with Crippen LogP contribution in [0.25, 0.3) is 16.2 Å². The van der Waals surface area contributed by atoms with Gasteiger partial charge in [-0.3, -0.25) is 0 Å². The minimum Gasteiger partial charge on any atom is -0.381 e. The van der Waals surface area contributed by atoms with Crippen LogP contribution in [0.3, 0.4) is 0 Å². The van der Waals surface area contributed by atoms with E-state index in [0.29, 0.717) is 5.84 Å². The van der Waals surface area contributed by atoms with Gasteiger partial charge < -0.3 is 10.6 Å². The first kappa shape index (κ1) is 8.49. The highest BCUT2D eigenvalue weighted by atomic mass is 32.1. The Morgan fingerprint density at radius 3 is 3.07 bits per heavy atom. The van der Waals surface area contributed by atoms with Crippen LogP contribution >= 0.6 is 11.3 Å². The largest absolute Gasteiger partial charge is 0.381 e. The summed E-state index contributed by atoms with van der Waals surface area (Å²) in [6.45, 7) is 0. The maximum absolute atomic E-state index is 5.57. The lowest BCUT2D eigenvalue weighted by molar-refractivity contribution is 0.345. The highest BCUT2D eigenvalue weighted by Gasteiger charge is 2.10. The number of oxime groups is 1. The summed E-state index contributed by atoms with van der Waals surface area (Å²) in [5.41, 5.74) is 6.58. The van der Waals surface area contributed by atoms with Crippen LogP contribution in [0.4, 0.5) is 0 Å². The fraction of sp³-hybridized carbons (Fsp3) is 0. The number of nitrogens with zero attached hydrogens (tertiary/aromatic N) is 1. The summed E-state index contributed by atoms with van der Waals surface area (Å²) in [6.07, 6.45) is 3.66. The van der Waals surface area contributed by atoms with Gasteiger partial charge in [0.2, 0.25) is 0 Å².